The summed E-state index contributed by atoms with van der Waals surface area (Å²) in [5.74, 6) is 3.50. The first kappa shape index (κ1) is 7.64. The molecule has 58 valence electrons. The molecule has 0 atom stereocenters. The van der Waals surface area contributed by atoms with Gasteiger partial charge in [0.05, 0.1) is 0 Å². The maximum Gasteiger partial charge on any atom is 0.112 e. The first-order valence-electron chi connectivity index (χ1n) is 2.98. The molecule has 0 unspecified atom stereocenters. The SMILES string of the molecule is NO.c1ccc2n[nH]nc2c1. The van der Waals surface area contributed by atoms with Crippen molar-refractivity contribution in [2.75, 3.05) is 0 Å². The molecule has 11 heavy (non-hydrogen) atoms. The number of aromatic nitrogens is 3. The van der Waals surface area contributed by atoms with Gasteiger partial charge in [-0.25, -0.2) is 5.90 Å². The Morgan fingerprint density at radius 3 is 2.00 bits per heavy atom. The average Bonchev–Trinajstić information content (AvgIpc) is 2.55. The van der Waals surface area contributed by atoms with Gasteiger partial charge < -0.3 is 5.21 Å². The van der Waals surface area contributed by atoms with Crippen molar-refractivity contribution in [3.63, 3.8) is 0 Å². The molecule has 0 bridgehead atoms. The fraction of sp³-hybridized carbons (Fsp3) is 0. The number of nitrogens with two attached hydrogens (primary N) is 1. The van der Waals surface area contributed by atoms with E-state index in [2.05, 4.69) is 21.3 Å². The molecule has 0 aliphatic heterocycles. The number of nitrogens with zero attached hydrogens (tertiary/aromatic N) is 2. The van der Waals surface area contributed by atoms with Crippen LogP contribution >= 0.6 is 0 Å². The highest BCUT2D eigenvalue weighted by molar-refractivity contribution is 5.72. The molecular formula is C6H8N4O. The Kier molecular flexibility index (Phi) is 2.53. The summed E-state index contributed by atoms with van der Waals surface area (Å²) >= 11 is 0. The van der Waals surface area contributed by atoms with Crippen molar-refractivity contribution < 1.29 is 5.21 Å². The van der Waals surface area contributed by atoms with E-state index in [-0.39, 0.29) is 0 Å². The molecule has 1 aromatic heterocycles. The summed E-state index contributed by atoms with van der Waals surface area (Å²) in [5.41, 5.74) is 1.83. The number of aromatic amines is 1. The van der Waals surface area contributed by atoms with E-state index in [0.717, 1.165) is 11.0 Å². The zero-order chi connectivity index (χ0) is 8.10. The average molecular weight is 152 g/mol. The summed E-state index contributed by atoms with van der Waals surface area (Å²) in [7, 11) is 0. The molecule has 0 spiro atoms. The lowest BCUT2D eigenvalue weighted by atomic mass is 10.3. The van der Waals surface area contributed by atoms with Crippen LogP contribution in [0.2, 0.25) is 0 Å². The maximum atomic E-state index is 6.50. The highest BCUT2D eigenvalue weighted by Crippen LogP contribution is 2.03. The van der Waals surface area contributed by atoms with Gasteiger partial charge in [-0.3, -0.25) is 0 Å². The lowest BCUT2D eigenvalue weighted by molar-refractivity contribution is 0.311. The lowest BCUT2D eigenvalue weighted by Crippen LogP contribution is -1.72. The largest absolute Gasteiger partial charge is 0.320 e. The van der Waals surface area contributed by atoms with E-state index in [1.807, 2.05) is 24.3 Å². The van der Waals surface area contributed by atoms with Crippen LogP contribution in [0, 0.1) is 0 Å². The Balaban J connectivity index is 0.000000281. The van der Waals surface area contributed by atoms with E-state index < -0.39 is 0 Å². The third kappa shape index (κ3) is 1.51. The number of benzene rings is 1. The van der Waals surface area contributed by atoms with Crippen molar-refractivity contribution in [1.29, 1.82) is 0 Å². The van der Waals surface area contributed by atoms with E-state index in [4.69, 9.17) is 5.21 Å². The highest BCUT2D eigenvalue weighted by Gasteiger charge is 1.90. The number of nitrogens with one attached hydrogen (secondary N) is 1. The van der Waals surface area contributed by atoms with Crippen molar-refractivity contribution in [2.24, 2.45) is 5.90 Å². The molecule has 0 saturated carbocycles. The first-order chi connectivity index (χ1) is 5.47. The minimum absolute atomic E-state index is 0.914. The zero-order valence-corrected chi connectivity index (χ0v) is 5.73. The van der Waals surface area contributed by atoms with Crippen LogP contribution in [0.3, 0.4) is 0 Å². The van der Waals surface area contributed by atoms with Gasteiger partial charge in [0.25, 0.3) is 0 Å². The van der Waals surface area contributed by atoms with Crippen molar-refractivity contribution >= 4 is 11.0 Å². The number of fused-ring (bicyclic) bond motifs is 1. The normalized spacial score (nSPS) is 8.91. The smallest absolute Gasteiger partial charge is 0.112 e. The second kappa shape index (κ2) is 3.65. The van der Waals surface area contributed by atoms with E-state index >= 15 is 0 Å². The van der Waals surface area contributed by atoms with Crippen LogP contribution in [0.25, 0.3) is 11.0 Å². The Labute approximate surface area is 62.8 Å². The van der Waals surface area contributed by atoms with E-state index in [1.54, 1.807) is 0 Å². The Hall–Kier alpha value is -1.46. The Morgan fingerprint density at radius 1 is 1.09 bits per heavy atom. The molecule has 0 saturated heterocycles. The minimum atomic E-state index is 0.914. The molecule has 1 heterocycles. The van der Waals surface area contributed by atoms with Crippen LogP contribution in [-0.2, 0) is 0 Å². The predicted octanol–water partition coefficient (Wildman–Crippen LogP) is 0.292. The third-order valence-corrected chi connectivity index (χ3v) is 1.22. The molecule has 0 fully saturated rings. The number of para-hydroxylation sites is 2. The summed E-state index contributed by atoms with van der Waals surface area (Å²) in [5, 5.41) is 16.8. The number of H-pyrrole nitrogens is 1. The van der Waals surface area contributed by atoms with Crippen molar-refractivity contribution in [3.8, 4) is 0 Å². The molecule has 1 aromatic carbocycles. The fourth-order valence-electron chi connectivity index (χ4n) is 0.786. The van der Waals surface area contributed by atoms with Gasteiger partial charge in [-0.05, 0) is 12.1 Å². The van der Waals surface area contributed by atoms with Gasteiger partial charge in [0.1, 0.15) is 11.0 Å². The summed E-state index contributed by atoms with van der Waals surface area (Å²) < 4.78 is 0. The Bertz CT molecular complexity index is 289. The Morgan fingerprint density at radius 2 is 1.55 bits per heavy atom. The van der Waals surface area contributed by atoms with Gasteiger partial charge in [-0.2, -0.15) is 15.4 Å². The molecule has 4 N–H and O–H groups in total. The summed E-state index contributed by atoms with van der Waals surface area (Å²) in [6.07, 6.45) is 0. The first-order valence-corrected chi connectivity index (χ1v) is 2.98. The molecule has 2 aromatic rings. The fourth-order valence-corrected chi connectivity index (χ4v) is 0.786. The third-order valence-electron chi connectivity index (χ3n) is 1.22. The second-order valence-corrected chi connectivity index (χ2v) is 1.81. The van der Waals surface area contributed by atoms with Crippen molar-refractivity contribution in [3.05, 3.63) is 24.3 Å². The van der Waals surface area contributed by atoms with Crippen LogP contribution in [-0.4, -0.2) is 20.6 Å². The van der Waals surface area contributed by atoms with Gasteiger partial charge in [0.2, 0.25) is 0 Å². The number of hydrogen-bond acceptors (Lipinski definition) is 4. The van der Waals surface area contributed by atoms with Crippen LogP contribution in [0.15, 0.2) is 24.3 Å². The van der Waals surface area contributed by atoms with Gasteiger partial charge in [0.15, 0.2) is 0 Å². The second-order valence-electron chi connectivity index (χ2n) is 1.81. The van der Waals surface area contributed by atoms with Crippen LogP contribution in [0.1, 0.15) is 0 Å². The quantitative estimate of drug-likeness (QED) is 0.473. The predicted molar refractivity (Wildman–Crippen MR) is 39.9 cm³/mol. The number of hydrogen-bond donors (Lipinski definition) is 3. The van der Waals surface area contributed by atoms with E-state index in [1.165, 1.54) is 0 Å². The van der Waals surface area contributed by atoms with Crippen LogP contribution in [0.5, 0.6) is 0 Å². The molecule has 0 amide bonds. The summed E-state index contributed by atoms with van der Waals surface area (Å²) in [6, 6.07) is 7.70. The molecule has 0 radical (unpaired) electrons. The van der Waals surface area contributed by atoms with Gasteiger partial charge >= 0.3 is 0 Å². The van der Waals surface area contributed by atoms with Crippen molar-refractivity contribution in [1.82, 2.24) is 15.4 Å². The molecule has 5 nitrogen and oxygen atoms in total. The highest BCUT2D eigenvalue weighted by atomic mass is 16.4. The van der Waals surface area contributed by atoms with E-state index in [9.17, 15) is 0 Å². The van der Waals surface area contributed by atoms with Gasteiger partial charge in [-0.15, -0.1) is 0 Å². The topological polar surface area (TPSA) is 87.8 Å². The molecule has 0 aliphatic carbocycles. The van der Waals surface area contributed by atoms with Crippen LogP contribution < -0.4 is 5.90 Å². The molecule has 2 rings (SSSR count). The number of rotatable bonds is 0. The molecule has 0 aliphatic rings. The van der Waals surface area contributed by atoms with Gasteiger partial charge in [0, 0.05) is 0 Å². The zero-order valence-electron chi connectivity index (χ0n) is 5.73. The summed E-state index contributed by atoms with van der Waals surface area (Å²) in [4.78, 5) is 0. The maximum absolute atomic E-state index is 6.50. The van der Waals surface area contributed by atoms with Crippen molar-refractivity contribution in [2.45, 2.75) is 0 Å². The standard InChI is InChI=1S/C6H5N3.H3NO/c1-2-4-6-5(3-1)7-9-8-6;1-2/h1-4H,(H,7,8,9);2H,1H2. The minimum Gasteiger partial charge on any atom is -0.320 e. The van der Waals surface area contributed by atoms with Gasteiger partial charge in [-0.1, -0.05) is 12.1 Å². The lowest BCUT2D eigenvalue weighted by Gasteiger charge is -1.78. The summed E-state index contributed by atoms with van der Waals surface area (Å²) in [6.45, 7) is 0. The molecule has 5 heteroatoms. The van der Waals surface area contributed by atoms with Crippen LogP contribution in [0.4, 0.5) is 0 Å². The monoisotopic (exact) mass is 152 g/mol. The molecular weight excluding hydrogens is 144 g/mol. The van der Waals surface area contributed by atoms with E-state index in [0.29, 0.717) is 0 Å².